The fourth-order valence-electron chi connectivity index (χ4n) is 3.28. The lowest BCUT2D eigenvalue weighted by molar-refractivity contribution is 0.744. The van der Waals surface area contributed by atoms with Crippen LogP contribution < -0.4 is 10.6 Å². The quantitative estimate of drug-likeness (QED) is 0.685. The number of rotatable bonds is 5. The summed E-state index contributed by atoms with van der Waals surface area (Å²) in [5.41, 5.74) is 4.09. The van der Waals surface area contributed by atoms with Crippen molar-refractivity contribution in [2.24, 2.45) is 0 Å². The van der Waals surface area contributed by atoms with Crippen molar-refractivity contribution in [2.75, 3.05) is 10.6 Å². The van der Waals surface area contributed by atoms with E-state index in [4.69, 9.17) is 4.98 Å². The number of aryl methyl sites for hydroxylation is 1. The van der Waals surface area contributed by atoms with Crippen molar-refractivity contribution in [3.63, 3.8) is 0 Å². The molecule has 0 aliphatic heterocycles. The molecule has 1 aromatic carbocycles. The van der Waals surface area contributed by atoms with Crippen molar-refractivity contribution in [2.45, 2.75) is 38.6 Å². The lowest BCUT2D eigenvalue weighted by Gasteiger charge is -2.15. The van der Waals surface area contributed by atoms with Gasteiger partial charge >= 0.3 is 0 Å². The smallest absolute Gasteiger partial charge is 0.225 e. The number of benzene rings is 1. The third kappa shape index (κ3) is 3.99. The molecule has 0 saturated heterocycles. The van der Waals surface area contributed by atoms with Crippen molar-refractivity contribution in [1.82, 2.24) is 15.0 Å². The number of aromatic nitrogens is 3. The maximum Gasteiger partial charge on any atom is 0.225 e. The average Bonchev–Trinajstić information content (AvgIpc) is 3.17. The fraction of sp³-hybridized carbons (Fsp3) is 0.286. The molecule has 132 valence electrons. The summed E-state index contributed by atoms with van der Waals surface area (Å²) in [5, 5.41) is 6.90. The molecule has 3 aromatic rings. The monoisotopic (exact) mass is 345 g/mol. The molecule has 5 heteroatoms. The first-order valence-corrected chi connectivity index (χ1v) is 9.16. The normalized spacial score (nSPS) is 14.3. The van der Waals surface area contributed by atoms with Crippen LogP contribution in [0, 0.1) is 6.92 Å². The van der Waals surface area contributed by atoms with Crippen LogP contribution in [0.25, 0.3) is 11.3 Å². The minimum Gasteiger partial charge on any atom is -0.351 e. The standard InChI is InChI=1S/C21H23N5/c1-15-8-10-18(11-9-15)23-20-13-19(16-5-4-12-22-14-16)25-21(26-20)24-17-6-2-3-7-17/h4-5,8-14,17H,2-3,6-7H2,1H3,(H2,23,24,25,26). The van der Waals surface area contributed by atoms with Gasteiger partial charge in [0.05, 0.1) is 5.69 Å². The highest BCUT2D eigenvalue weighted by Crippen LogP contribution is 2.26. The van der Waals surface area contributed by atoms with E-state index in [0.29, 0.717) is 12.0 Å². The zero-order valence-corrected chi connectivity index (χ0v) is 14.9. The van der Waals surface area contributed by atoms with Crippen LogP contribution in [0.2, 0.25) is 0 Å². The van der Waals surface area contributed by atoms with Crippen LogP contribution in [0.3, 0.4) is 0 Å². The zero-order chi connectivity index (χ0) is 17.8. The number of hydrogen-bond donors (Lipinski definition) is 2. The van der Waals surface area contributed by atoms with Crippen LogP contribution in [0.5, 0.6) is 0 Å². The summed E-state index contributed by atoms with van der Waals surface area (Å²) in [6.45, 7) is 2.08. The van der Waals surface area contributed by atoms with Gasteiger partial charge in [-0.25, -0.2) is 4.98 Å². The molecule has 1 aliphatic rings. The molecule has 0 amide bonds. The summed E-state index contributed by atoms with van der Waals surface area (Å²) >= 11 is 0. The lowest BCUT2D eigenvalue weighted by Crippen LogP contribution is -2.17. The molecule has 2 aromatic heterocycles. The molecule has 4 rings (SSSR count). The van der Waals surface area contributed by atoms with Crippen LogP contribution in [0.4, 0.5) is 17.5 Å². The lowest BCUT2D eigenvalue weighted by atomic mass is 10.2. The topological polar surface area (TPSA) is 62.7 Å². The first-order chi connectivity index (χ1) is 12.8. The molecule has 0 unspecified atom stereocenters. The number of nitrogens with one attached hydrogen (secondary N) is 2. The Balaban J connectivity index is 1.65. The van der Waals surface area contributed by atoms with E-state index in [2.05, 4.69) is 51.8 Å². The van der Waals surface area contributed by atoms with Crippen LogP contribution in [-0.4, -0.2) is 21.0 Å². The Hall–Kier alpha value is -2.95. The highest BCUT2D eigenvalue weighted by molar-refractivity contribution is 5.67. The summed E-state index contributed by atoms with van der Waals surface area (Å²) in [6.07, 6.45) is 8.51. The average molecular weight is 345 g/mol. The summed E-state index contributed by atoms with van der Waals surface area (Å²) in [4.78, 5) is 13.6. The Morgan fingerprint density at radius 1 is 1.00 bits per heavy atom. The first kappa shape index (κ1) is 16.5. The van der Waals surface area contributed by atoms with Crippen molar-refractivity contribution in [1.29, 1.82) is 0 Å². The highest BCUT2D eigenvalue weighted by Gasteiger charge is 2.17. The second-order valence-electron chi connectivity index (χ2n) is 6.82. The van der Waals surface area contributed by atoms with E-state index < -0.39 is 0 Å². The van der Waals surface area contributed by atoms with Crippen LogP contribution in [-0.2, 0) is 0 Å². The Morgan fingerprint density at radius 3 is 2.54 bits per heavy atom. The Kier molecular flexibility index (Phi) is 4.78. The minimum atomic E-state index is 0.464. The van der Waals surface area contributed by atoms with Gasteiger partial charge in [-0.2, -0.15) is 4.98 Å². The fourth-order valence-corrected chi connectivity index (χ4v) is 3.28. The number of nitrogens with zero attached hydrogens (tertiary/aromatic N) is 3. The number of pyridine rings is 1. The molecular formula is C21H23N5. The predicted octanol–water partition coefficient (Wildman–Crippen LogP) is 4.95. The number of anilines is 3. The molecule has 1 aliphatic carbocycles. The van der Waals surface area contributed by atoms with Crippen LogP contribution in [0.15, 0.2) is 54.9 Å². The van der Waals surface area contributed by atoms with E-state index in [9.17, 15) is 0 Å². The van der Waals surface area contributed by atoms with E-state index >= 15 is 0 Å². The van der Waals surface area contributed by atoms with Gasteiger partial charge in [0, 0.05) is 35.8 Å². The summed E-state index contributed by atoms with van der Waals surface area (Å²) in [7, 11) is 0. The Bertz CT molecular complexity index is 855. The molecule has 5 nitrogen and oxygen atoms in total. The Morgan fingerprint density at radius 2 is 1.81 bits per heavy atom. The maximum atomic E-state index is 4.72. The maximum absolute atomic E-state index is 4.72. The summed E-state index contributed by atoms with van der Waals surface area (Å²) < 4.78 is 0. The van der Waals surface area contributed by atoms with Gasteiger partial charge in [0.1, 0.15) is 5.82 Å². The molecule has 0 atom stereocenters. The van der Waals surface area contributed by atoms with Crippen molar-refractivity contribution < 1.29 is 0 Å². The summed E-state index contributed by atoms with van der Waals surface area (Å²) in [5.74, 6) is 1.45. The van der Waals surface area contributed by atoms with Gasteiger partial charge in [0.2, 0.25) is 5.95 Å². The predicted molar refractivity (Wildman–Crippen MR) is 106 cm³/mol. The molecule has 1 fully saturated rings. The zero-order valence-electron chi connectivity index (χ0n) is 14.9. The molecule has 2 heterocycles. The minimum absolute atomic E-state index is 0.464. The van der Waals surface area contributed by atoms with Crippen LogP contribution in [0.1, 0.15) is 31.2 Å². The highest BCUT2D eigenvalue weighted by atomic mass is 15.2. The molecule has 1 saturated carbocycles. The molecule has 0 spiro atoms. The van der Waals surface area contributed by atoms with E-state index in [1.165, 1.54) is 31.2 Å². The summed E-state index contributed by atoms with van der Waals surface area (Å²) in [6, 6.07) is 14.7. The van der Waals surface area contributed by atoms with Crippen LogP contribution >= 0.6 is 0 Å². The molecule has 26 heavy (non-hydrogen) atoms. The SMILES string of the molecule is Cc1ccc(Nc2cc(-c3cccnc3)nc(NC3CCCC3)n2)cc1. The van der Waals surface area contributed by atoms with E-state index in [-0.39, 0.29) is 0 Å². The van der Waals surface area contributed by atoms with Gasteiger partial charge in [0.25, 0.3) is 0 Å². The molecule has 0 radical (unpaired) electrons. The van der Waals surface area contributed by atoms with E-state index in [1.54, 1.807) is 6.20 Å². The number of hydrogen-bond acceptors (Lipinski definition) is 5. The second-order valence-corrected chi connectivity index (χ2v) is 6.82. The molecular weight excluding hydrogens is 322 g/mol. The third-order valence-corrected chi connectivity index (χ3v) is 4.70. The molecule has 0 bridgehead atoms. The second kappa shape index (κ2) is 7.52. The first-order valence-electron chi connectivity index (χ1n) is 9.16. The Labute approximate surface area is 153 Å². The third-order valence-electron chi connectivity index (χ3n) is 4.70. The van der Waals surface area contributed by atoms with E-state index in [1.807, 2.05) is 24.4 Å². The van der Waals surface area contributed by atoms with E-state index in [0.717, 1.165) is 22.8 Å². The van der Waals surface area contributed by atoms with Gasteiger partial charge < -0.3 is 10.6 Å². The van der Waals surface area contributed by atoms with Gasteiger partial charge in [0.15, 0.2) is 0 Å². The van der Waals surface area contributed by atoms with Crippen molar-refractivity contribution in [3.05, 3.63) is 60.4 Å². The van der Waals surface area contributed by atoms with Crippen molar-refractivity contribution >= 4 is 17.5 Å². The molecule has 2 N–H and O–H groups in total. The van der Waals surface area contributed by atoms with Crippen molar-refractivity contribution in [3.8, 4) is 11.3 Å². The van der Waals surface area contributed by atoms with Gasteiger partial charge in [-0.15, -0.1) is 0 Å². The van der Waals surface area contributed by atoms with Gasteiger partial charge in [-0.05, 0) is 44.0 Å². The largest absolute Gasteiger partial charge is 0.351 e. The van der Waals surface area contributed by atoms with Gasteiger partial charge in [-0.1, -0.05) is 30.5 Å². The van der Waals surface area contributed by atoms with Gasteiger partial charge in [-0.3, -0.25) is 4.98 Å².